The Kier molecular flexibility index (Phi) is 4.85. The quantitative estimate of drug-likeness (QED) is 0.897. The van der Waals surface area contributed by atoms with Crippen LogP contribution in [0.15, 0.2) is 34.1 Å². The van der Waals surface area contributed by atoms with Crippen LogP contribution in [0.2, 0.25) is 0 Å². The van der Waals surface area contributed by atoms with E-state index >= 15 is 0 Å². The zero-order valence-electron chi connectivity index (χ0n) is 10.7. The molecule has 1 aromatic heterocycles. The third-order valence-corrected chi connectivity index (χ3v) is 4.44. The van der Waals surface area contributed by atoms with Crippen LogP contribution in [0.25, 0.3) is 0 Å². The van der Waals surface area contributed by atoms with Gasteiger partial charge in [0, 0.05) is 6.42 Å². The second kappa shape index (κ2) is 6.41. The van der Waals surface area contributed by atoms with Crippen molar-refractivity contribution in [1.29, 1.82) is 0 Å². The fourth-order valence-electron chi connectivity index (χ4n) is 1.87. The lowest BCUT2D eigenvalue weighted by molar-refractivity contribution is 0.178. The summed E-state index contributed by atoms with van der Waals surface area (Å²) in [5.74, 6) is 1.53. The molecule has 0 spiro atoms. The lowest BCUT2D eigenvalue weighted by Gasteiger charge is -2.12. The maximum Gasteiger partial charge on any atom is 0.135 e. The minimum atomic E-state index is -0.560. The molecule has 0 radical (unpaired) electrons. The Hall–Kier alpha value is -1.04. The summed E-state index contributed by atoms with van der Waals surface area (Å²) in [6.07, 6.45) is -0.0188. The molecule has 19 heavy (non-hydrogen) atoms. The summed E-state index contributed by atoms with van der Waals surface area (Å²) in [6.45, 7) is 0. The Balaban J connectivity index is 2.15. The van der Waals surface area contributed by atoms with Gasteiger partial charge in [-0.2, -0.15) is 0 Å². The van der Waals surface area contributed by atoms with Gasteiger partial charge in [-0.1, -0.05) is 6.07 Å². The van der Waals surface area contributed by atoms with Crippen LogP contribution in [0.1, 0.15) is 16.5 Å². The Morgan fingerprint density at radius 2 is 1.95 bits per heavy atom. The number of halogens is 1. The van der Waals surface area contributed by atoms with Gasteiger partial charge in [-0.15, -0.1) is 11.3 Å². The standard InChI is InChI=1S/C14H15BrO3S/c1-17-12-4-3-9(7-10(12)15)8-11(16)14-13(18-2)5-6-19-14/h3-7,11,16H,8H2,1-2H3. The molecule has 0 fully saturated rings. The smallest absolute Gasteiger partial charge is 0.135 e. The minimum absolute atomic E-state index is 0.541. The lowest BCUT2D eigenvalue weighted by atomic mass is 10.1. The Labute approximate surface area is 124 Å². The van der Waals surface area contributed by atoms with E-state index in [1.165, 1.54) is 11.3 Å². The third-order valence-electron chi connectivity index (χ3n) is 2.83. The van der Waals surface area contributed by atoms with Crippen molar-refractivity contribution in [3.05, 3.63) is 44.6 Å². The number of thiophene rings is 1. The van der Waals surface area contributed by atoms with Crippen LogP contribution in [0.3, 0.4) is 0 Å². The Morgan fingerprint density at radius 3 is 2.58 bits per heavy atom. The van der Waals surface area contributed by atoms with Gasteiger partial charge in [0.15, 0.2) is 0 Å². The van der Waals surface area contributed by atoms with Crippen molar-refractivity contribution < 1.29 is 14.6 Å². The largest absolute Gasteiger partial charge is 0.496 e. The van der Waals surface area contributed by atoms with Crippen LogP contribution < -0.4 is 9.47 Å². The molecule has 1 N–H and O–H groups in total. The zero-order valence-corrected chi connectivity index (χ0v) is 13.1. The van der Waals surface area contributed by atoms with Gasteiger partial charge in [-0.25, -0.2) is 0 Å². The molecular weight excluding hydrogens is 328 g/mol. The van der Waals surface area contributed by atoms with Gasteiger partial charge in [0.05, 0.1) is 29.7 Å². The van der Waals surface area contributed by atoms with Gasteiger partial charge >= 0.3 is 0 Å². The molecule has 102 valence electrons. The number of aliphatic hydroxyl groups excluding tert-OH is 1. The third kappa shape index (κ3) is 3.29. The van der Waals surface area contributed by atoms with Crippen LogP contribution in [-0.2, 0) is 6.42 Å². The maximum absolute atomic E-state index is 10.3. The van der Waals surface area contributed by atoms with Gasteiger partial charge in [0.25, 0.3) is 0 Å². The molecule has 0 aliphatic carbocycles. The highest BCUT2D eigenvalue weighted by molar-refractivity contribution is 9.10. The summed E-state index contributed by atoms with van der Waals surface area (Å²) < 4.78 is 11.3. The highest BCUT2D eigenvalue weighted by atomic mass is 79.9. The molecular formula is C14H15BrO3S. The van der Waals surface area contributed by atoms with Crippen molar-refractivity contribution in [3.63, 3.8) is 0 Å². The molecule has 2 rings (SSSR count). The van der Waals surface area contributed by atoms with E-state index in [1.807, 2.05) is 29.6 Å². The topological polar surface area (TPSA) is 38.7 Å². The van der Waals surface area contributed by atoms with Gasteiger partial charge in [-0.3, -0.25) is 0 Å². The number of ether oxygens (including phenoxy) is 2. The van der Waals surface area contributed by atoms with E-state index in [0.717, 1.165) is 26.4 Å². The van der Waals surface area contributed by atoms with E-state index in [4.69, 9.17) is 9.47 Å². The highest BCUT2D eigenvalue weighted by Gasteiger charge is 2.16. The van der Waals surface area contributed by atoms with Crippen LogP contribution in [0, 0.1) is 0 Å². The number of rotatable bonds is 5. The van der Waals surface area contributed by atoms with E-state index in [-0.39, 0.29) is 0 Å². The van der Waals surface area contributed by atoms with Gasteiger partial charge in [-0.05, 0) is 45.1 Å². The average molecular weight is 343 g/mol. The molecule has 0 aliphatic rings. The molecule has 1 unspecified atom stereocenters. The molecule has 0 bridgehead atoms. The summed E-state index contributed by atoms with van der Waals surface area (Å²) in [7, 11) is 3.24. The lowest BCUT2D eigenvalue weighted by Crippen LogP contribution is -2.01. The molecule has 0 saturated heterocycles. The van der Waals surface area contributed by atoms with Crippen molar-refractivity contribution >= 4 is 27.3 Å². The fraction of sp³-hybridized carbons (Fsp3) is 0.286. The second-order valence-electron chi connectivity index (χ2n) is 4.04. The Bertz CT molecular complexity index is 553. The molecule has 1 heterocycles. The predicted molar refractivity (Wildman–Crippen MR) is 80.2 cm³/mol. The molecule has 0 saturated carbocycles. The number of hydrogen-bond donors (Lipinski definition) is 1. The van der Waals surface area contributed by atoms with Crippen molar-refractivity contribution in [1.82, 2.24) is 0 Å². The van der Waals surface area contributed by atoms with E-state index in [9.17, 15) is 5.11 Å². The molecule has 0 aliphatic heterocycles. The maximum atomic E-state index is 10.3. The highest BCUT2D eigenvalue weighted by Crippen LogP contribution is 2.34. The summed E-state index contributed by atoms with van der Waals surface area (Å²) in [6, 6.07) is 7.67. The first-order valence-electron chi connectivity index (χ1n) is 5.77. The van der Waals surface area contributed by atoms with Gasteiger partial charge in [0.2, 0.25) is 0 Å². The first-order chi connectivity index (χ1) is 9.15. The van der Waals surface area contributed by atoms with Gasteiger partial charge in [0.1, 0.15) is 11.5 Å². The first kappa shape index (κ1) is 14.4. The SMILES string of the molecule is COc1ccc(CC(O)c2sccc2OC)cc1Br. The van der Waals surface area contributed by atoms with Crippen LogP contribution in [0.4, 0.5) is 0 Å². The average Bonchev–Trinajstić information content (AvgIpc) is 2.87. The summed E-state index contributed by atoms with van der Waals surface area (Å²) in [5.41, 5.74) is 1.04. The minimum Gasteiger partial charge on any atom is -0.496 e. The number of methoxy groups -OCH3 is 2. The first-order valence-corrected chi connectivity index (χ1v) is 7.44. The molecule has 1 aromatic carbocycles. The number of aliphatic hydroxyl groups is 1. The monoisotopic (exact) mass is 342 g/mol. The van der Waals surface area contributed by atoms with Gasteiger partial charge < -0.3 is 14.6 Å². The van der Waals surface area contributed by atoms with Crippen LogP contribution >= 0.6 is 27.3 Å². The number of hydrogen-bond acceptors (Lipinski definition) is 4. The van der Waals surface area contributed by atoms with E-state index < -0.39 is 6.10 Å². The Morgan fingerprint density at radius 1 is 1.21 bits per heavy atom. The zero-order chi connectivity index (χ0) is 13.8. The summed E-state index contributed by atoms with van der Waals surface area (Å²) >= 11 is 4.95. The molecule has 1 atom stereocenters. The normalized spacial score (nSPS) is 12.2. The summed E-state index contributed by atoms with van der Waals surface area (Å²) in [4.78, 5) is 0.856. The van der Waals surface area contributed by atoms with Crippen molar-refractivity contribution in [3.8, 4) is 11.5 Å². The van der Waals surface area contributed by atoms with Crippen molar-refractivity contribution in [2.24, 2.45) is 0 Å². The van der Waals surface area contributed by atoms with Crippen LogP contribution in [-0.4, -0.2) is 19.3 Å². The second-order valence-corrected chi connectivity index (χ2v) is 5.84. The van der Waals surface area contributed by atoms with Crippen molar-refractivity contribution in [2.75, 3.05) is 14.2 Å². The van der Waals surface area contributed by atoms with E-state index in [2.05, 4.69) is 15.9 Å². The van der Waals surface area contributed by atoms with Crippen molar-refractivity contribution in [2.45, 2.75) is 12.5 Å². The summed E-state index contributed by atoms with van der Waals surface area (Å²) in [5, 5.41) is 12.2. The molecule has 3 nitrogen and oxygen atoms in total. The predicted octanol–water partition coefficient (Wildman–Crippen LogP) is 3.80. The van der Waals surface area contributed by atoms with E-state index in [1.54, 1.807) is 14.2 Å². The fourth-order valence-corrected chi connectivity index (χ4v) is 3.31. The molecule has 2 aromatic rings. The molecule has 5 heteroatoms. The van der Waals surface area contributed by atoms with Crippen LogP contribution in [0.5, 0.6) is 11.5 Å². The molecule has 0 amide bonds. The number of benzene rings is 1. The van der Waals surface area contributed by atoms with E-state index in [0.29, 0.717) is 6.42 Å².